The fraction of sp³-hybridized carbons (Fsp3) is 0. The van der Waals surface area contributed by atoms with Crippen molar-refractivity contribution in [3.8, 4) is 0 Å². The normalized spacial score (nSPS) is 9.00. The zero-order chi connectivity index (χ0) is 6.69. The van der Waals surface area contributed by atoms with Gasteiger partial charge in [0.2, 0.25) is 0 Å². The summed E-state index contributed by atoms with van der Waals surface area (Å²) < 4.78 is 4.89. The van der Waals surface area contributed by atoms with E-state index in [1.807, 2.05) is 0 Å². The predicted octanol–water partition coefficient (Wildman–Crippen LogP) is 1.30. The van der Waals surface area contributed by atoms with Gasteiger partial charge in [-0.1, -0.05) is 17.4 Å². The van der Waals surface area contributed by atoms with Gasteiger partial charge in [0.15, 0.2) is 5.82 Å². The Morgan fingerprint density at radius 3 is 3.11 bits per heavy atom. The van der Waals surface area contributed by atoms with Crippen LogP contribution in [0, 0.1) is 0 Å². The van der Waals surface area contributed by atoms with E-state index in [0.717, 1.165) is 0 Å². The van der Waals surface area contributed by atoms with Crippen LogP contribution < -0.4 is 5.32 Å². The quantitative estimate of drug-likeness (QED) is 0.479. The fourth-order valence-electron chi connectivity index (χ4n) is 0.387. The zero-order valence-corrected chi connectivity index (χ0v) is 6.08. The van der Waals surface area contributed by atoms with Crippen LogP contribution in [-0.4, -0.2) is 9.48 Å². The van der Waals surface area contributed by atoms with Gasteiger partial charge in [-0.3, -0.25) is 0 Å². The van der Waals surface area contributed by atoms with Crippen LogP contribution in [-0.2, 0) is 0 Å². The molecular weight excluding hydrogens is 156 g/mol. The number of hydrogen-bond acceptors (Lipinski definition) is 3. The van der Waals surface area contributed by atoms with Crippen molar-refractivity contribution in [3.05, 3.63) is 12.3 Å². The van der Waals surface area contributed by atoms with Gasteiger partial charge in [0.05, 0.1) is 0 Å². The molecule has 1 heterocycles. The van der Waals surface area contributed by atoms with Crippen molar-refractivity contribution in [3.63, 3.8) is 0 Å². The average Bonchev–Trinajstić information content (AvgIpc) is 2.15. The molecule has 0 unspecified atom stereocenters. The third kappa shape index (κ3) is 2.03. The Hall–Kier alpha value is -0.550. The van der Waals surface area contributed by atoms with Crippen molar-refractivity contribution in [1.29, 1.82) is 0 Å². The predicted molar refractivity (Wildman–Crippen MR) is 41.7 cm³/mol. The second-order valence-electron chi connectivity index (χ2n) is 1.31. The first-order chi connectivity index (χ1) is 4.29. The van der Waals surface area contributed by atoms with Gasteiger partial charge in [0, 0.05) is 6.07 Å². The van der Waals surface area contributed by atoms with E-state index >= 15 is 0 Å². The first kappa shape index (κ1) is 6.57. The Morgan fingerprint density at radius 1 is 1.89 bits per heavy atom. The van der Waals surface area contributed by atoms with Crippen LogP contribution in [0.4, 0.5) is 5.82 Å². The zero-order valence-electron chi connectivity index (χ0n) is 4.37. The summed E-state index contributed by atoms with van der Waals surface area (Å²) in [5.41, 5.74) is 0. The van der Waals surface area contributed by atoms with Crippen LogP contribution in [0.2, 0.25) is 0 Å². The van der Waals surface area contributed by atoms with Crippen LogP contribution in [0.5, 0.6) is 0 Å². The maximum atomic E-state index is 4.61. The van der Waals surface area contributed by atoms with E-state index in [1.165, 1.54) is 6.26 Å². The standard InChI is InChI=1S/C4H4N2OS2/c8-4(9)5-3-1-2-7-6-3/h1-2H,(H2,5,6,8,9). The number of rotatable bonds is 1. The van der Waals surface area contributed by atoms with E-state index in [9.17, 15) is 0 Å². The maximum absolute atomic E-state index is 4.61. The second-order valence-corrected chi connectivity index (χ2v) is 2.47. The lowest BCUT2D eigenvalue weighted by molar-refractivity contribution is 0.423. The van der Waals surface area contributed by atoms with Crippen LogP contribution in [0.15, 0.2) is 16.9 Å². The third-order valence-corrected chi connectivity index (χ3v) is 0.887. The lowest BCUT2D eigenvalue weighted by Crippen LogP contribution is -1.99. The summed E-state index contributed by atoms with van der Waals surface area (Å²) in [6.07, 6.45) is 1.45. The second kappa shape index (κ2) is 2.84. The molecule has 5 heteroatoms. The average molecular weight is 160 g/mol. The lowest BCUT2D eigenvalue weighted by Gasteiger charge is -1.92. The Bertz CT molecular complexity index is 196. The molecule has 1 rings (SSSR count). The van der Waals surface area contributed by atoms with Crippen LogP contribution in [0.25, 0.3) is 0 Å². The molecule has 0 saturated carbocycles. The molecule has 0 spiro atoms. The molecule has 0 radical (unpaired) electrons. The Morgan fingerprint density at radius 2 is 2.67 bits per heavy atom. The largest absolute Gasteiger partial charge is 0.363 e. The van der Waals surface area contributed by atoms with Gasteiger partial charge in [0.25, 0.3) is 0 Å². The summed E-state index contributed by atoms with van der Waals surface area (Å²) in [4.78, 5) is 0. The Labute approximate surface area is 62.8 Å². The van der Waals surface area contributed by atoms with Crippen LogP contribution >= 0.6 is 24.8 Å². The molecule has 9 heavy (non-hydrogen) atoms. The molecule has 1 N–H and O–H groups in total. The molecule has 0 bridgehead atoms. The topological polar surface area (TPSA) is 38.1 Å². The summed E-state index contributed by atoms with van der Waals surface area (Å²) in [5, 5.41) is 6.21. The minimum absolute atomic E-state index is 0.379. The minimum atomic E-state index is 0.379. The van der Waals surface area contributed by atoms with Gasteiger partial charge in [-0.25, -0.2) is 0 Å². The van der Waals surface area contributed by atoms with E-state index in [0.29, 0.717) is 10.1 Å². The van der Waals surface area contributed by atoms with Gasteiger partial charge in [-0.15, -0.1) is 12.6 Å². The number of nitrogens with one attached hydrogen (secondary N) is 1. The molecule has 0 fully saturated rings. The molecular formula is C4H4N2OS2. The molecule has 0 atom stereocenters. The maximum Gasteiger partial charge on any atom is 0.174 e. The van der Waals surface area contributed by atoms with Gasteiger partial charge < -0.3 is 9.84 Å². The van der Waals surface area contributed by atoms with Crippen LogP contribution in [0.1, 0.15) is 0 Å². The monoisotopic (exact) mass is 160 g/mol. The van der Waals surface area contributed by atoms with E-state index in [2.05, 4.69) is 39.8 Å². The van der Waals surface area contributed by atoms with Crippen molar-refractivity contribution in [2.75, 3.05) is 5.32 Å². The van der Waals surface area contributed by atoms with E-state index in [1.54, 1.807) is 6.07 Å². The smallest absolute Gasteiger partial charge is 0.174 e. The van der Waals surface area contributed by atoms with Crippen molar-refractivity contribution in [1.82, 2.24) is 5.16 Å². The number of thiol groups is 1. The summed E-state index contributed by atoms with van der Waals surface area (Å²) in [7, 11) is 0. The van der Waals surface area contributed by atoms with Gasteiger partial charge in [0.1, 0.15) is 10.6 Å². The van der Waals surface area contributed by atoms with E-state index < -0.39 is 0 Å². The van der Waals surface area contributed by atoms with Gasteiger partial charge >= 0.3 is 0 Å². The number of aromatic nitrogens is 1. The highest BCUT2D eigenvalue weighted by Gasteiger charge is 1.92. The van der Waals surface area contributed by atoms with Crippen molar-refractivity contribution in [2.45, 2.75) is 0 Å². The molecule has 48 valence electrons. The van der Waals surface area contributed by atoms with Gasteiger partial charge in [-0.05, 0) is 0 Å². The summed E-state index contributed by atoms with van der Waals surface area (Å²) in [5.74, 6) is 0.579. The molecule has 0 saturated heterocycles. The fourth-order valence-corrected chi connectivity index (χ4v) is 0.606. The number of thiocarbonyl (C=S) groups is 1. The lowest BCUT2D eigenvalue weighted by atomic mass is 10.6. The SMILES string of the molecule is S=C(S)Nc1ccon1. The van der Waals surface area contributed by atoms with E-state index in [4.69, 9.17) is 0 Å². The summed E-state index contributed by atoms with van der Waals surface area (Å²) in [6, 6.07) is 1.66. The highest BCUT2D eigenvalue weighted by molar-refractivity contribution is 8.11. The van der Waals surface area contributed by atoms with Crippen LogP contribution in [0.3, 0.4) is 0 Å². The third-order valence-electron chi connectivity index (χ3n) is 0.673. The Kier molecular flexibility index (Phi) is 2.07. The van der Waals surface area contributed by atoms with Gasteiger partial charge in [-0.2, -0.15) is 0 Å². The molecule has 0 amide bonds. The minimum Gasteiger partial charge on any atom is -0.363 e. The molecule has 0 aliphatic heterocycles. The molecule has 1 aromatic rings. The Balaban J connectivity index is 2.58. The molecule has 0 aliphatic rings. The number of nitrogens with zero attached hydrogens (tertiary/aromatic N) is 1. The molecule has 1 aromatic heterocycles. The van der Waals surface area contributed by atoms with Crippen molar-refractivity contribution < 1.29 is 4.52 Å². The first-order valence-corrected chi connectivity index (χ1v) is 3.05. The van der Waals surface area contributed by atoms with Crippen molar-refractivity contribution in [2.24, 2.45) is 0 Å². The highest BCUT2D eigenvalue weighted by Crippen LogP contribution is 2.01. The molecule has 0 aliphatic carbocycles. The first-order valence-electron chi connectivity index (χ1n) is 2.19. The van der Waals surface area contributed by atoms with Crippen molar-refractivity contribution >= 4 is 35.0 Å². The number of hydrogen-bond donors (Lipinski definition) is 2. The molecule has 0 aromatic carbocycles. The number of anilines is 1. The summed E-state index contributed by atoms with van der Waals surface area (Å²) >= 11 is 8.44. The highest BCUT2D eigenvalue weighted by atomic mass is 32.1. The van der Waals surface area contributed by atoms with E-state index in [-0.39, 0.29) is 0 Å². The summed E-state index contributed by atoms with van der Waals surface area (Å²) in [6.45, 7) is 0. The molecule has 3 nitrogen and oxygen atoms in total.